The van der Waals surface area contributed by atoms with Gasteiger partial charge in [0.25, 0.3) is 0 Å². The summed E-state index contributed by atoms with van der Waals surface area (Å²) in [4.78, 5) is 0. The van der Waals surface area contributed by atoms with E-state index in [1.807, 2.05) is 12.2 Å². The number of hydrogen-bond acceptors (Lipinski definition) is 1. The summed E-state index contributed by atoms with van der Waals surface area (Å²) in [6.07, 6.45) is 21.5. The van der Waals surface area contributed by atoms with Crippen LogP contribution in [-0.2, 0) is 0 Å². The summed E-state index contributed by atoms with van der Waals surface area (Å²) in [7, 11) is 0. The molecule has 1 aliphatic rings. The van der Waals surface area contributed by atoms with Crippen molar-refractivity contribution in [2.75, 3.05) is 0 Å². The van der Waals surface area contributed by atoms with E-state index in [1.165, 1.54) is 32.1 Å². The molecule has 20 heavy (non-hydrogen) atoms. The Labute approximate surface area is 124 Å². The van der Waals surface area contributed by atoms with Gasteiger partial charge in [-0.3, -0.25) is 0 Å². The average Bonchev–Trinajstić information content (AvgIpc) is 2.96. The quantitative estimate of drug-likeness (QED) is 0.298. The first-order chi connectivity index (χ1) is 9.76. The molecule has 0 amide bonds. The van der Waals surface area contributed by atoms with Gasteiger partial charge in [-0.25, -0.2) is 0 Å². The Kier molecular flexibility index (Phi) is 7.73. The van der Waals surface area contributed by atoms with Gasteiger partial charge in [0, 0.05) is 11.8 Å². The molecule has 1 nitrogen and oxygen atoms in total. The monoisotopic (exact) mass is 269 g/mol. The van der Waals surface area contributed by atoms with Gasteiger partial charge < -0.3 is 0 Å². The van der Waals surface area contributed by atoms with Crippen molar-refractivity contribution in [2.24, 2.45) is 11.3 Å². The fourth-order valence-corrected chi connectivity index (χ4v) is 3.15. The van der Waals surface area contributed by atoms with Crippen molar-refractivity contribution in [3.63, 3.8) is 0 Å². The van der Waals surface area contributed by atoms with Crippen LogP contribution in [0, 0.1) is 22.7 Å². The molecule has 1 fully saturated rings. The van der Waals surface area contributed by atoms with Crippen molar-refractivity contribution < 1.29 is 0 Å². The van der Waals surface area contributed by atoms with Crippen molar-refractivity contribution in [2.45, 2.75) is 51.4 Å². The van der Waals surface area contributed by atoms with Crippen LogP contribution in [0.25, 0.3) is 0 Å². The van der Waals surface area contributed by atoms with Gasteiger partial charge in [-0.2, -0.15) is 5.26 Å². The van der Waals surface area contributed by atoms with Gasteiger partial charge in [-0.1, -0.05) is 68.7 Å². The third-order valence-corrected chi connectivity index (χ3v) is 4.27. The van der Waals surface area contributed by atoms with E-state index in [0.717, 1.165) is 18.8 Å². The van der Waals surface area contributed by atoms with Crippen molar-refractivity contribution in [3.05, 3.63) is 49.6 Å². The highest BCUT2D eigenvalue weighted by Crippen LogP contribution is 2.41. The second-order valence-corrected chi connectivity index (χ2v) is 5.78. The van der Waals surface area contributed by atoms with E-state index in [9.17, 15) is 0 Å². The summed E-state index contributed by atoms with van der Waals surface area (Å²) >= 11 is 0. The van der Waals surface area contributed by atoms with E-state index in [-0.39, 0.29) is 5.41 Å². The topological polar surface area (TPSA) is 23.8 Å². The van der Waals surface area contributed by atoms with Crippen molar-refractivity contribution in [1.29, 1.82) is 5.26 Å². The van der Waals surface area contributed by atoms with Crippen molar-refractivity contribution in [1.82, 2.24) is 0 Å². The maximum Gasteiger partial charge on any atom is 0.0621 e. The minimum absolute atomic E-state index is 0.0529. The third-order valence-electron chi connectivity index (χ3n) is 4.27. The van der Waals surface area contributed by atoms with Gasteiger partial charge in [0.1, 0.15) is 0 Å². The van der Waals surface area contributed by atoms with E-state index in [4.69, 9.17) is 5.26 Å². The lowest BCUT2D eigenvalue weighted by molar-refractivity contribution is 0.322. The molecule has 0 spiro atoms. The van der Waals surface area contributed by atoms with Gasteiger partial charge in [-0.05, 0) is 25.2 Å². The minimum Gasteiger partial charge on any atom is -0.198 e. The van der Waals surface area contributed by atoms with E-state index < -0.39 is 0 Å². The van der Waals surface area contributed by atoms with Gasteiger partial charge in [0.05, 0.1) is 6.07 Å². The number of nitriles is 1. The maximum atomic E-state index is 8.75. The average molecular weight is 269 g/mol. The molecular weight excluding hydrogens is 242 g/mol. The molecular formula is C19H27N. The smallest absolute Gasteiger partial charge is 0.0621 e. The zero-order chi connectivity index (χ0) is 14.7. The SMILES string of the molecule is C=C/C=C\C=C/C(C=C)(CCCC#N)CC1CCCC1. The molecule has 108 valence electrons. The molecule has 1 rings (SSSR count). The summed E-state index contributed by atoms with van der Waals surface area (Å²) in [5.74, 6) is 0.822. The van der Waals surface area contributed by atoms with Crippen LogP contribution in [0.2, 0.25) is 0 Å². The Morgan fingerprint density at radius 1 is 1.15 bits per heavy atom. The van der Waals surface area contributed by atoms with E-state index in [1.54, 1.807) is 6.08 Å². The van der Waals surface area contributed by atoms with Crippen molar-refractivity contribution in [3.8, 4) is 6.07 Å². The van der Waals surface area contributed by atoms with Gasteiger partial charge >= 0.3 is 0 Å². The fraction of sp³-hybridized carbons (Fsp3) is 0.526. The second kappa shape index (κ2) is 9.37. The first-order valence-electron chi connectivity index (χ1n) is 7.74. The van der Waals surface area contributed by atoms with Gasteiger partial charge in [-0.15, -0.1) is 6.58 Å². The standard InChI is InChI=1S/C19H27N/c1-3-5-6-9-14-19(4-2,15-10-11-16-20)17-18-12-7-8-13-18/h3-6,9,14,18H,1-2,7-8,10-13,15,17H2/b6-5-,14-9-. The first kappa shape index (κ1) is 16.5. The van der Waals surface area contributed by atoms with E-state index in [2.05, 4.69) is 37.5 Å². The zero-order valence-electron chi connectivity index (χ0n) is 12.6. The molecule has 0 heterocycles. The Morgan fingerprint density at radius 3 is 2.50 bits per heavy atom. The fourth-order valence-electron chi connectivity index (χ4n) is 3.15. The highest BCUT2D eigenvalue weighted by molar-refractivity contribution is 5.17. The Balaban J connectivity index is 2.74. The minimum atomic E-state index is 0.0529. The van der Waals surface area contributed by atoms with Crippen LogP contribution in [0.3, 0.4) is 0 Å². The molecule has 0 aliphatic heterocycles. The highest BCUT2D eigenvalue weighted by atomic mass is 14.3. The van der Waals surface area contributed by atoms with Crippen LogP contribution in [0.15, 0.2) is 49.6 Å². The summed E-state index contributed by atoms with van der Waals surface area (Å²) in [6.45, 7) is 7.76. The van der Waals surface area contributed by atoms with E-state index >= 15 is 0 Å². The normalized spacial score (nSPS) is 19.1. The first-order valence-corrected chi connectivity index (χ1v) is 7.74. The highest BCUT2D eigenvalue weighted by Gasteiger charge is 2.28. The van der Waals surface area contributed by atoms with Crippen LogP contribution in [0.4, 0.5) is 0 Å². The lowest BCUT2D eigenvalue weighted by Crippen LogP contribution is -2.18. The molecule has 0 radical (unpaired) electrons. The molecule has 1 unspecified atom stereocenters. The molecule has 0 saturated heterocycles. The largest absolute Gasteiger partial charge is 0.198 e. The zero-order valence-corrected chi connectivity index (χ0v) is 12.6. The molecule has 0 bridgehead atoms. The molecule has 0 N–H and O–H groups in total. The summed E-state index contributed by atoms with van der Waals surface area (Å²) in [5.41, 5.74) is 0.0529. The number of nitrogens with zero attached hydrogens (tertiary/aromatic N) is 1. The summed E-state index contributed by atoms with van der Waals surface area (Å²) in [6, 6.07) is 2.25. The Morgan fingerprint density at radius 2 is 1.90 bits per heavy atom. The lowest BCUT2D eigenvalue weighted by Gasteiger charge is -2.30. The lowest BCUT2D eigenvalue weighted by atomic mass is 9.74. The predicted molar refractivity (Wildman–Crippen MR) is 87.1 cm³/mol. The van der Waals surface area contributed by atoms with Crippen LogP contribution < -0.4 is 0 Å². The van der Waals surface area contributed by atoms with Crippen LogP contribution >= 0.6 is 0 Å². The Hall–Kier alpha value is -1.55. The van der Waals surface area contributed by atoms with Crippen molar-refractivity contribution >= 4 is 0 Å². The number of rotatable bonds is 9. The molecule has 0 aromatic carbocycles. The molecule has 1 saturated carbocycles. The van der Waals surface area contributed by atoms with Gasteiger partial charge in [0.2, 0.25) is 0 Å². The maximum absolute atomic E-state index is 8.75. The number of unbranched alkanes of at least 4 members (excludes halogenated alkanes) is 1. The second-order valence-electron chi connectivity index (χ2n) is 5.78. The third kappa shape index (κ3) is 5.61. The molecule has 0 aromatic heterocycles. The number of allylic oxidation sites excluding steroid dienone is 6. The van der Waals surface area contributed by atoms with Crippen LogP contribution in [-0.4, -0.2) is 0 Å². The van der Waals surface area contributed by atoms with E-state index in [0.29, 0.717) is 6.42 Å². The number of hydrogen-bond donors (Lipinski definition) is 0. The Bertz CT molecular complexity index is 390. The summed E-state index contributed by atoms with van der Waals surface area (Å²) in [5, 5.41) is 8.75. The molecule has 1 heteroatoms. The predicted octanol–water partition coefficient (Wildman–Crippen LogP) is 5.73. The van der Waals surface area contributed by atoms with Crippen LogP contribution in [0.1, 0.15) is 51.4 Å². The van der Waals surface area contributed by atoms with Gasteiger partial charge in [0.15, 0.2) is 0 Å². The molecule has 0 aromatic rings. The molecule has 1 aliphatic carbocycles. The van der Waals surface area contributed by atoms with Crippen LogP contribution in [0.5, 0.6) is 0 Å². The molecule has 1 atom stereocenters. The summed E-state index contributed by atoms with van der Waals surface area (Å²) < 4.78 is 0.